The minimum Gasteiger partial charge on any atom is -0.444 e. The summed E-state index contributed by atoms with van der Waals surface area (Å²) in [7, 11) is 0. The third kappa shape index (κ3) is 5.95. The molecule has 2 saturated heterocycles. The van der Waals surface area contributed by atoms with Gasteiger partial charge in [-0.25, -0.2) is 4.79 Å². The van der Waals surface area contributed by atoms with Gasteiger partial charge in [-0.3, -0.25) is 10.2 Å². The average molecular weight is 431 g/mol. The lowest BCUT2D eigenvalue weighted by Crippen LogP contribution is -2.52. The lowest BCUT2D eigenvalue weighted by atomic mass is 10.0. The fraction of sp³-hybridized carbons (Fsp3) is 0.435. The van der Waals surface area contributed by atoms with Gasteiger partial charge in [-0.1, -0.05) is 35.9 Å². The highest BCUT2D eigenvalue weighted by molar-refractivity contribution is 6.30. The van der Waals surface area contributed by atoms with Crippen molar-refractivity contribution < 1.29 is 19.0 Å². The molecule has 1 amide bonds. The first-order chi connectivity index (χ1) is 14.7. The van der Waals surface area contributed by atoms with Crippen LogP contribution in [0.5, 0.6) is 0 Å². The van der Waals surface area contributed by atoms with Crippen molar-refractivity contribution in [3.8, 4) is 0 Å². The van der Waals surface area contributed by atoms with Crippen LogP contribution in [0.3, 0.4) is 0 Å². The van der Waals surface area contributed by atoms with Gasteiger partial charge in [0.15, 0.2) is 0 Å². The van der Waals surface area contributed by atoms with E-state index in [1.54, 1.807) is 12.1 Å². The molecule has 0 bridgehead atoms. The third-order valence-electron chi connectivity index (χ3n) is 5.58. The minimum absolute atomic E-state index is 0.196. The van der Waals surface area contributed by atoms with Crippen LogP contribution in [0.2, 0.25) is 5.02 Å². The van der Waals surface area contributed by atoms with Crippen molar-refractivity contribution >= 4 is 23.4 Å². The fourth-order valence-corrected chi connectivity index (χ4v) is 3.75. The molecule has 0 aromatic heterocycles. The van der Waals surface area contributed by atoms with Gasteiger partial charge >= 0.3 is 6.09 Å². The van der Waals surface area contributed by atoms with Crippen molar-refractivity contribution in [2.45, 2.75) is 38.2 Å². The van der Waals surface area contributed by atoms with Gasteiger partial charge in [0.2, 0.25) is 0 Å². The van der Waals surface area contributed by atoms with Gasteiger partial charge in [-0.2, -0.15) is 0 Å². The standard InChI is InChI=1S/C23H27ClN2O4/c24-19-5-1-17(2-6-19)14-30-23(27)25-20-7-3-18(4-8-20)13-29-22-9-11-26(12-10-22)21-15-28-16-21/h1-8,21-22H,9-16H2,(H,25,27). The van der Waals surface area contributed by atoms with Gasteiger partial charge in [0.05, 0.1) is 32.0 Å². The number of carbonyl (C=O) groups excluding carboxylic acids is 1. The van der Waals surface area contributed by atoms with Crippen LogP contribution >= 0.6 is 11.6 Å². The van der Waals surface area contributed by atoms with Crippen LogP contribution in [0, 0.1) is 0 Å². The average Bonchev–Trinajstić information content (AvgIpc) is 2.73. The summed E-state index contributed by atoms with van der Waals surface area (Å²) in [6.45, 7) is 4.69. The van der Waals surface area contributed by atoms with Crippen molar-refractivity contribution in [3.05, 3.63) is 64.7 Å². The number of amides is 1. The van der Waals surface area contributed by atoms with Gasteiger partial charge in [0.25, 0.3) is 0 Å². The topological polar surface area (TPSA) is 60.0 Å². The molecule has 2 aromatic carbocycles. The monoisotopic (exact) mass is 430 g/mol. The van der Waals surface area contributed by atoms with E-state index < -0.39 is 6.09 Å². The van der Waals surface area contributed by atoms with Crippen LogP contribution in [0.4, 0.5) is 10.5 Å². The molecule has 30 heavy (non-hydrogen) atoms. The summed E-state index contributed by atoms with van der Waals surface area (Å²) in [6.07, 6.45) is 1.95. The molecule has 7 heteroatoms. The molecule has 1 N–H and O–H groups in total. The van der Waals surface area contributed by atoms with Crippen LogP contribution in [-0.2, 0) is 27.4 Å². The second-order valence-electron chi connectivity index (χ2n) is 7.76. The number of anilines is 1. The van der Waals surface area contributed by atoms with Crippen LogP contribution in [-0.4, -0.2) is 49.4 Å². The Labute approximate surface area is 182 Å². The minimum atomic E-state index is -0.488. The highest BCUT2D eigenvalue weighted by atomic mass is 35.5. The molecule has 2 heterocycles. The Morgan fingerprint density at radius 3 is 2.27 bits per heavy atom. The molecule has 2 fully saturated rings. The summed E-state index contributed by atoms with van der Waals surface area (Å²) in [6, 6.07) is 15.5. The summed E-state index contributed by atoms with van der Waals surface area (Å²) in [4.78, 5) is 14.5. The Hall–Kier alpha value is -2.12. The smallest absolute Gasteiger partial charge is 0.411 e. The van der Waals surface area contributed by atoms with E-state index in [0.717, 1.165) is 50.3 Å². The van der Waals surface area contributed by atoms with E-state index in [1.807, 2.05) is 36.4 Å². The molecule has 0 spiro atoms. The van der Waals surface area contributed by atoms with Crippen LogP contribution < -0.4 is 5.32 Å². The van der Waals surface area contributed by atoms with E-state index in [-0.39, 0.29) is 6.61 Å². The first kappa shape index (κ1) is 21.1. The summed E-state index contributed by atoms with van der Waals surface area (Å²) < 4.78 is 16.6. The number of piperidine rings is 1. The Balaban J connectivity index is 1.16. The van der Waals surface area contributed by atoms with E-state index in [2.05, 4.69) is 10.2 Å². The zero-order valence-corrected chi connectivity index (χ0v) is 17.6. The maximum Gasteiger partial charge on any atom is 0.411 e. The van der Waals surface area contributed by atoms with Gasteiger partial charge in [0, 0.05) is 23.8 Å². The SMILES string of the molecule is O=C(Nc1ccc(COC2CCN(C3COC3)CC2)cc1)OCc1ccc(Cl)cc1. The Kier molecular flexibility index (Phi) is 7.23. The van der Waals surface area contributed by atoms with Crippen LogP contribution in [0.25, 0.3) is 0 Å². The van der Waals surface area contributed by atoms with Crippen LogP contribution in [0.15, 0.2) is 48.5 Å². The first-order valence-electron chi connectivity index (χ1n) is 10.4. The maximum absolute atomic E-state index is 12.0. The summed E-state index contributed by atoms with van der Waals surface area (Å²) in [5.74, 6) is 0. The fourth-order valence-electron chi connectivity index (χ4n) is 3.62. The summed E-state index contributed by atoms with van der Waals surface area (Å²) in [5.41, 5.74) is 2.66. The number of halogens is 1. The molecular formula is C23H27ClN2O4. The molecule has 2 aliphatic heterocycles. The number of hydrogen-bond acceptors (Lipinski definition) is 5. The van der Waals surface area contributed by atoms with Crippen molar-refractivity contribution in [1.29, 1.82) is 0 Å². The van der Waals surface area contributed by atoms with Gasteiger partial charge in [0.1, 0.15) is 6.61 Å². The number of nitrogens with one attached hydrogen (secondary N) is 1. The predicted molar refractivity (Wildman–Crippen MR) is 116 cm³/mol. The Morgan fingerprint density at radius 2 is 1.63 bits per heavy atom. The van der Waals surface area contributed by atoms with Crippen molar-refractivity contribution in [2.75, 3.05) is 31.6 Å². The number of ether oxygens (including phenoxy) is 3. The molecular weight excluding hydrogens is 404 g/mol. The molecule has 6 nitrogen and oxygen atoms in total. The number of nitrogens with zero attached hydrogens (tertiary/aromatic N) is 1. The van der Waals surface area contributed by atoms with Gasteiger partial charge in [-0.05, 0) is 48.2 Å². The van der Waals surface area contributed by atoms with Crippen LogP contribution in [0.1, 0.15) is 24.0 Å². The van der Waals surface area contributed by atoms with Gasteiger partial charge in [-0.15, -0.1) is 0 Å². The quantitative estimate of drug-likeness (QED) is 0.702. The van der Waals surface area contributed by atoms with E-state index in [1.165, 1.54) is 0 Å². The highest BCUT2D eigenvalue weighted by Gasteiger charge is 2.29. The molecule has 0 atom stereocenters. The van der Waals surface area contributed by atoms with Crippen molar-refractivity contribution in [2.24, 2.45) is 0 Å². The van der Waals surface area contributed by atoms with E-state index in [0.29, 0.717) is 29.5 Å². The largest absolute Gasteiger partial charge is 0.444 e. The molecule has 0 radical (unpaired) electrons. The maximum atomic E-state index is 12.0. The van der Waals surface area contributed by atoms with E-state index in [4.69, 9.17) is 25.8 Å². The predicted octanol–water partition coefficient (Wildman–Crippen LogP) is 4.47. The Morgan fingerprint density at radius 1 is 1.00 bits per heavy atom. The van der Waals surface area contributed by atoms with Crippen molar-refractivity contribution in [1.82, 2.24) is 4.90 Å². The summed E-state index contributed by atoms with van der Waals surface area (Å²) >= 11 is 5.85. The second-order valence-corrected chi connectivity index (χ2v) is 8.20. The van der Waals surface area contributed by atoms with Crippen molar-refractivity contribution in [3.63, 3.8) is 0 Å². The molecule has 0 aliphatic carbocycles. The number of rotatable bonds is 7. The molecule has 2 aliphatic rings. The first-order valence-corrected chi connectivity index (χ1v) is 10.7. The molecule has 4 rings (SSSR count). The number of carbonyl (C=O) groups is 1. The molecule has 0 saturated carbocycles. The number of likely N-dealkylation sites (tertiary alicyclic amines) is 1. The lowest BCUT2D eigenvalue weighted by molar-refractivity contribution is -0.0883. The normalized spacial score (nSPS) is 18.0. The lowest BCUT2D eigenvalue weighted by Gasteiger charge is -2.41. The highest BCUT2D eigenvalue weighted by Crippen LogP contribution is 2.21. The third-order valence-corrected chi connectivity index (χ3v) is 5.83. The molecule has 2 aromatic rings. The number of hydrogen-bond donors (Lipinski definition) is 1. The molecule has 160 valence electrons. The zero-order chi connectivity index (χ0) is 20.8. The van der Waals surface area contributed by atoms with E-state index in [9.17, 15) is 4.79 Å². The summed E-state index contributed by atoms with van der Waals surface area (Å²) in [5, 5.41) is 3.39. The second kappa shape index (κ2) is 10.3. The zero-order valence-electron chi connectivity index (χ0n) is 16.9. The Bertz CT molecular complexity index is 816. The van der Waals surface area contributed by atoms with Gasteiger partial charge < -0.3 is 14.2 Å². The van der Waals surface area contributed by atoms with E-state index >= 15 is 0 Å². The molecule has 0 unspecified atom stereocenters. The number of benzene rings is 2.